The van der Waals surface area contributed by atoms with E-state index < -0.39 is 0 Å². The lowest BCUT2D eigenvalue weighted by Gasteiger charge is -2.14. The number of anilines is 1. The Kier molecular flexibility index (Phi) is 3.87. The van der Waals surface area contributed by atoms with Gasteiger partial charge < -0.3 is 10.1 Å². The van der Waals surface area contributed by atoms with Crippen molar-refractivity contribution >= 4 is 17.2 Å². The molecule has 1 atom stereocenters. The first-order chi connectivity index (χ1) is 8.33. The molecule has 0 aliphatic rings. The van der Waals surface area contributed by atoms with E-state index in [0.29, 0.717) is 5.88 Å². The predicted octanol–water partition coefficient (Wildman–Crippen LogP) is 2.50. The van der Waals surface area contributed by atoms with Gasteiger partial charge in [0.25, 0.3) is 0 Å². The van der Waals surface area contributed by atoms with Crippen LogP contribution in [0.3, 0.4) is 0 Å². The van der Waals surface area contributed by atoms with Crippen molar-refractivity contribution in [1.82, 2.24) is 15.0 Å². The SMILES string of the molecule is CC[C@@H](Nc1cc(OC)ncn1)c1nccs1. The molecule has 1 N–H and O–H groups in total. The van der Waals surface area contributed by atoms with E-state index in [2.05, 4.69) is 27.2 Å². The summed E-state index contributed by atoms with van der Waals surface area (Å²) in [5.41, 5.74) is 0. The van der Waals surface area contributed by atoms with E-state index in [1.54, 1.807) is 24.5 Å². The topological polar surface area (TPSA) is 59.9 Å². The number of rotatable bonds is 5. The van der Waals surface area contributed by atoms with Crippen LogP contribution in [0.4, 0.5) is 5.82 Å². The van der Waals surface area contributed by atoms with E-state index in [0.717, 1.165) is 17.2 Å². The van der Waals surface area contributed by atoms with Gasteiger partial charge in [0.15, 0.2) is 0 Å². The second-order valence-electron chi connectivity index (χ2n) is 3.42. The molecule has 17 heavy (non-hydrogen) atoms. The molecule has 5 nitrogen and oxygen atoms in total. The van der Waals surface area contributed by atoms with Crippen molar-refractivity contribution in [2.24, 2.45) is 0 Å². The van der Waals surface area contributed by atoms with Gasteiger partial charge in [-0.05, 0) is 6.42 Å². The van der Waals surface area contributed by atoms with Gasteiger partial charge in [0.2, 0.25) is 5.88 Å². The second kappa shape index (κ2) is 5.58. The lowest BCUT2D eigenvalue weighted by Crippen LogP contribution is -2.10. The van der Waals surface area contributed by atoms with Crippen molar-refractivity contribution in [2.75, 3.05) is 12.4 Å². The van der Waals surface area contributed by atoms with Gasteiger partial charge in [0.1, 0.15) is 17.2 Å². The first-order valence-electron chi connectivity index (χ1n) is 5.35. The molecule has 2 aromatic rings. The summed E-state index contributed by atoms with van der Waals surface area (Å²) in [7, 11) is 1.59. The van der Waals surface area contributed by atoms with Crippen LogP contribution in [0.5, 0.6) is 5.88 Å². The standard InChI is InChI=1S/C11H14N4OS/c1-3-8(11-12-4-5-17-11)15-9-6-10(16-2)14-7-13-9/h4-8H,3H2,1-2H3,(H,13,14,15)/t8-/m1/s1. The zero-order chi connectivity index (χ0) is 12.1. The van der Waals surface area contributed by atoms with Gasteiger partial charge in [-0.15, -0.1) is 11.3 Å². The minimum Gasteiger partial charge on any atom is -0.481 e. The van der Waals surface area contributed by atoms with Crippen LogP contribution in [-0.2, 0) is 0 Å². The van der Waals surface area contributed by atoms with Gasteiger partial charge in [-0.25, -0.2) is 15.0 Å². The molecule has 0 spiro atoms. The van der Waals surface area contributed by atoms with E-state index in [9.17, 15) is 0 Å². The maximum Gasteiger partial charge on any atom is 0.218 e. The number of nitrogens with one attached hydrogen (secondary N) is 1. The maximum absolute atomic E-state index is 5.06. The molecule has 0 fully saturated rings. The summed E-state index contributed by atoms with van der Waals surface area (Å²) in [5, 5.41) is 6.36. The lowest BCUT2D eigenvalue weighted by molar-refractivity contribution is 0.397. The summed E-state index contributed by atoms with van der Waals surface area (Å²) in [5.74, 6) is 1.30. The monoisotopic (exact) mass is 250 g/mol. The van der Waals surface area contributed by atoms with Crippen LogP contribution in [-0.4, -0.2) is 22.1 Å². The normalized spacial score (nSPS) is 12.1. The third-order valence-electron chi connectivity index (χ3n) is 2.33. The fourth-order valence-electron chi connectivity index (χ4n) is 1.45. The number of thiazole rings is 1. The first-order valence-corrected chi connectivity index (χ1v) is 6.23. The van der Waals surface area contributed by atoms with Crippen LogP contribution in [0.1, 0.15) is 24.4 Å². The summed E-state index contributed by atoms with van der Waals surface area (Å²) in [6.45, 7) is 2.11. The van der Waals surface area contributed by atoms with Crippen molar-refractivity contribution in [3.05, 3.63) is 29.0 Å². The molecular weight excluding hydrogens is 236 g/mol. The predicted molar refractivity (Wildman–Crippen MR) is 67.4 cm³/mol. The fourth-order valence-corrected chi connectivity index (χ4v) is 2.23. The third kappa shape index (κ3) is 2.91. The molecule has 90 valence electrons. The molecule has 0 radical (unpaired) electrons. The number of hydrogen-bond acceptors (Lipinski definition) is 6. The van der Waals surface area contributed by atoms with Crippen molar-refractivity contribution in [3.8, 4) is 5.88 Å². The zero-order valence-corrected chi connectivity index (χ0v) is 10.6. The van der Waals surface area contributed by atoms with Crippen molar-refractivity contribution in [2.45, 2.75) is 19.4 Å². The Bertz CT molecular complexity index is 460. The molecule has 0 saturated heterocycles. The molecule has 2 heterocycles. The van der Waals surface area contributed by atoms with E-state index in [4.69, 9.17) is 4.74 Å². The van der Waals surface area contributed by atoms with Crippen LogP contribution in [0.25, 0.3) is 0 Å². The zero-order valence-electron chi connectivity index (χ0n) is 9.75. The van der Waals surface area contributed by atoms with Crippen molar-refractivity contribution in [3.63, 3.8) is 0 Å². The first kappa shape index (κ1) is 11.8. The molecule has 0 saturated carbocycles. The fraction of sp³-hybridized carbons (Fsp3) is 0.364. The lowest BCUT2D eigenvalue weighted by atomic mass is 10.2. The van der Waals surface area contributed by atoms with Gasteiger partial charge in [-0.1, -0.05) is 6.92 Å². The average molecular weight is 250 g/mol. The Hall–Kier alpha value is -1.69. The smallest absolute Gasteiger partial charge is 0.218 e. The minimum absolute atomic E-state index is 0.176. The number of ether oxygens (including phenoxy) is 1. The minimum atomic E-state index is 0.176. The van der Waals surface area contributed by atoms with Gasteiger partial charge >= 0.3 is 0 Å². The maximum atomic E-state index is 5.06. The summed E-state index contributed by atoms with van der Waals surface area (Å²) in [6, 6.07) is 1.95. The van der Waals surface area contributed by atoms with E-state index in [1.165, 1.54) is 6.33 Å². The molecule has 0 aliphatic carbocycles. The second-order valence-corrected chi connectivity index (χ2v) is 4.35. The van der Waals surface area contributed by atoms with E-state index in [-0.39, 0.29) is 6.04 Å². The Labute approximate surface area is 104 Å². The van der Waals surface area contributed by atoms with Crippen molar-refractivity contribution in [1.29, 1.82) is 0 Å². The molecule has 0 aliphatic heterocycles. The van der Waals surface area contributed by atoms with Gasteiger partial charge in [0, 0.05) is 17.6 Å². The van der Waals surface area contributed by atoms with Crippen LogP contribution in [0.15, 0.2) is 24.0 Å². The number of hydrogen-bond donors (Lipinski definition) is 1. The van der Waals surface area contributed by atoms with Crippen LogP contribution in [0.2, 0.25) is 0 Å². The quantitative estimate of drug-likeness (QED) is 0.883. The molecule has 2 aromatic heterocycles. The van der Waals surface area contributed by atoms with Gasteiger partial charge in [-0.2, -0.15) is 0 Å². The van der Waals surface area contributed by atoms with E-state index >= 15 is 0 Å². The van der Waals surface area contributed by atoms with Gasteiger partial charge in [-0.3, -0.25) is 0 Å². The average Bonchev–Trinajstić information content (AvgIpc) is 2.90. The van der Waals surface area contributed by atoms with Crippen LogP contribution >= 0.6 is 11.3 Å². The third-order valence-corrected chi connectivity index (χ3v) is 3.22. The number of aromatic nitrogens is 3. The highest BCUT2D eigenvalue weighted by Gasteiger charge is 2.12. The molecule has 0 aromatic carbocycles. The van der Waals surface area contributed by atoms with Gasteiger partial charge in [0.05, 0.1) is 13.2 Å². The number of nitrogens with zero attached hydrogens (tertiary/aromatic N) is 3. The Morgan fingerprint density at radius 3 is 2.94 bits per heavy atom. The summed E-state index contributed by atoms with van der Waals surface area (Å²) in [6.07, 6.45) is 4.24. The molecule has 2 rings (SSSR count). The molecule has 0 unspecified atom stereocenters. The Balaban J connectivity index is 2.13. The van der Waals surface area contributed by atoms with E-state index in [1.807, 2.05) is 11.6 Å². The van der Waals surface area contributed by atoms with Crippen LogP contribution < -0.4 is 10.1 Å². The molecule has 6 heteroatoms. The highest BCUT2D eigenvalue weighted by Crippen LogP contribution is 2.23. The molecular formula is C11H14N4OS. The highest BCUT2D eigenvalue weighted by atomic mass is 32.1. The summed E-state index contributed by atoms with van der Waals surface area (Å²) >= 11 is 1.64. The molecule has 0 bridgehead atoms. The number of methoxy groups -OCH3 is 1. The Morgan fingerprint density at radius 1 is 1.41 bits per heavy atom. The summed E-state index contributed by atoms with van der Waals surface area (Å²) in [4.78, 5) is 12.4. The largest absolute Gasteiger partial charge is 0.481 e. The van der Waals surface area contributed by atoms with Crippen LogP contribution in [0, 0.1) is 0 Å². The Morgan fingerprint density at radius 2 is 2.29 bits per heavy atom. The summed E-state index contributed by atoms with van der Waals surface area (Å²) < 4.78 is 5.06. The van der Waals surface area contributed by atoms with Crippen molar-refractivity contribution < 1.29 is 4.74 Å². The molecule has 0 amide bonds. The highest BCUT2D eigenvalue weighted by molar-refractivity contribution is 7.09.